The number of hydrogen-bond donors (Lipinski definition) is 0. The largest absolute Gasteiger partial charge is 0.318 e. The molecule has 1 heterocycles. The third-order valence-corrected chi connectivity index (χ3v) is 4.87. The van der Waals surface area contributed by atoms with Crippen LogP contribution in [0.5, 0.6) is 0 Å². The van der Waals surface area contributed by atoms with E-state index in [2.05, 4.69) is 22.0 Å². The summed E-state index contributed by atoms with van der Waals surface area (Å²) in [6, 6.07) is 18.3. The summed E-state index contributed by atoms with van der Waals surface area (Å²) in [6.07, 6.45) is 1.85. The van der Waals surface area contributed by atoms with Gasteiger partial charge >= 0.3 is 0 Å². The van der Waals surface area contributed by atoms with Crippen molar-refractivity contribution in [3.05, 3.63) is 91.7 Å². The van der Waals surface area contributed by atoms with Crippen LogP contribution in [0.4, 0.5) is 5.69 Å². The molecule has 0 saturated heterocycles. The van der Waals surface area contributed by atoms with Crippen molar-refractivity contribution in [2.75, 3.05) is 0 Å². The van der Waals surface area contributed by atoms with Gasteiger partial charge in [0.1, 0.15) is 0 Å². The van der Waals surface area contributed by atoms with Crippen LogP contribution in [0.2, 0.25) is 0 Å². The van der Waals surface area contributed by atoms with Gasteiger partial charge in [-0.25, -0.2) is 0 Å². The van der Waals surface area contributed by atoms with E-state index in [0.29, 0.717) is 5.57 Å². The number of aryl methyl sites for hydroxylation is 1. The molecular weight excluding hydrogens is 406 g/mol. The zero-order chi connectivity index (χ0) is 19.6. The van der Waals surface area contributed by atoms with Gasteiger partial charge in [0.05, 0.1) is 22.3 Å². The number of benzene rings is 2. The van der Waals surface area contributed by atoms with E-state index in [-0.39, 0.29) is 5.69 Å². The minimum Gasteiger partial charge on any atom is -0.318 e. The van der Waals surface area contributed by atoms with E-state index in [4.69, 9.17) is 0 Å². The number of nitro benzene ring substituents is 1. The molecule has 0 spiro atoms. The van der Waals surface area contributed by atoms with Gasteiger partial charge < -0.3 is 4.57 Å². The molecule has 0 fully saturated rings. The van der Waals surface area contributed by atoms with Crippen LogP contribution in [-0.4, -0.2) is 9.49 Å². The highest BCUT2D eigenvalue weighted by atomic mass is 79.9. The number of nitrogens with zero attached hydrogens (tertiary/aromatic N) is 3. The zero-order valence-electron chi connectivity index (χ0n) is 14.8. The van der Waals surface area contributed by atoms with Crippen LogP contribution < -0.4 is 0 Å². The van der Waals surface area contributed by atoms with Gasteiger partial charge in [-0.15, -0.1) is 0 Å². The van der Waals surface area contributed by atoms with Crippen molar-refractivity contribution in [1.29, 1.82) is 5.26 Å². The SMILES string of the molecule is Cc1cc(C=C(C#N)c2ccc(Br)cc2)c(C)n1-c1cccc([N+](=O)[O-])c1. The minimum absolute atomic E-state index is 0.0460. The molecule has 0 aliphatic rings. The smallest absolute Gasteiger partial charge is 0.271 e. The van der Waals surface area contributed by atoms with E-state index >= 15 is 0 Å². The lowest BCUT2D eigenvalue weighted by Gasteiger charge is -2.09. The summed E-state index contributed by atoms with van der Waals surface area (Å²) >= 11 is 3.40. The van der Waals surface area contributed by atoms with E-state index in [1.165, 1.54) is 6.07 Å². The average molecular weight is 422 g/mol. The van der Waals surface area contributed by atoms with Crippen molar-refractivity contribution in [2.45, 2.75) is 13.8 Å². The highest BCUT2D eigenvalue weighted by Gasteiger charge is 2.13. The average Bonchev–Trinajstić information content (AvgIpc) is 2.94. The molecule has 0 amide bonds. The lowest BCUT2D eigenvalue weighted by atomic mass is 10.0. The Morgan fingerprint density at radius 3 is 2.52 bits per heavy atom. The number of aromatic nitrogens is 1. The Morgan fingerprint density at radius 2 is 1.89 bits per heavy atom. The number of allylic oxidation sites excluding steroid dienone is 1. The van der Waals surface area contributed by atoms with Gasteiger partial charge in [0.2, 0.25) is 0 Å². The first-order chi connectivity index (χ1) is 12.9. The monoisotopic (exact) mass is 421 g/mol. The Hall–Kier alpha value is -3.17. The lowest BCUT2D eigenvalue weighted by Crippen LogP contribution is -2.00. The molecule has 0 bridgehead atoms. The third kappa shape index (κ3) is 3.83. The first-order valence-electron chi connectivity index (χ1n) is 8.22. The van der Waals surface area contributed by atoms with E-state index in [0.717, 1.165) is 32.7 Å². The molecule has 0 saturated carbocycles. The van der Waals surface area contributed by atoms with Gasteiger partial charge in [0.25, 0.3) is 5.69 Å². The van der Waals surface area contributed by atoms with E-state index < -0.39 is 4.92 Å². The molecule has 6 heteroatoms. The molecule has 0 N–H and O–H groups in total. The van der Waals surface area contributed by atoms with E-state index in [1.807, 2.05) is 60.9 Å². The second kappa shape index (κ2) is 7.60. The summed E-state index contributed by atoms with van der Waals surface area (Å²) in [5.41, 5.74) is 4.91. The Bertz CT molecular complexity index is 1090. The Labute approximate surface area is 165 Å². The molecule has 2 aromatic carbocycles. The first kappa shape index (κ1) is 18.6. The first-order valence-corrected chi connectivity index (χ1v) is 9.01. The Balaban J connectivity index is 2.08. The molecule has 27 heavy (non-hydrogen) atoms. The zero-order valence-corrected chi connectivity index (χ0v) is 16.4. The molecule has 134 valence electrons. The number of nitro groups is 1. The van der Waals surface area contributed by atoms with Gasteiger partial charge in [0, 0.05) is 28.0 Å². The summed E-state index contributed by atoms with van der Waals surface area (Å²) in [7, 11) is 0. The van der Waals surface area contributed by atoms with Crippen molar-refractivity contribution in [3.63, 3.8) is 0 Å². The summed E-state index contributed by atoms with van der Waals surface area (Å²) in [5, 5.41) is 20.7. The van der Waals surface area contributed by atoms with Crippen LogP contribution in [0.3, 0.4) is 0 Å². The fourth-order valence-electron chi connectivity index (χ4n) is 3.04. The van der Waals surface area contributed by atoms with Gasteiger partial charge in [-0.1, -0.05) is 34.1 Å². The fourth-order valence-corrected chi connectivity index (χ4v) is 3.31. The standard InChI is InChI=1S/C21H16BrN3O2/c1-14-10-17(11-18(13-23)16-6-8-19(22)9-7-16)15(2)24(14)20-4-3-5-21(12-20)25(26)27/h3-12H,1-2H3. The van der Waals surface area contributed by atoms with Crippen molar-refractivity contribution in [3.8, 4) is 11.8 Å². The highest BCUT2D eigenvalue weighted by molar-refractivity contribution is 9.10. The van der Waals surface area contributed by atoms with E-state index in [9.17, 15) is 15.4 Å². The van der Waals surface area contributed by atoms with Crippen LogP contribution in [0.25, 0.3) is 17.3 Å². The fraction of sp³-hybridized carbons (Fsp3) is 0.0952. The number of halogens is 1. The molecule has 5 nitrogen and oxygen atoms in total. The Kier molecular flexibility index (Phi) is 5.24. The predicted octanol–water partition coefficient (Wildman–Crippen LogP) is 5.83. The van der Waals surface area contributed by atoms with Gasteiger partial charge in [0.15, 0.2) is 0 Å². The highest BCUT2D eigenvalue weighted by Crippen LogP contribution is 2.27. The molecule has 3 rings (SSSR count). The maximum Gasteiger partial charge on any atom is 0.271 e. The van der Waals surface area contributed by atoms with Crippen LogP contribution in [-0.2, 0) is 0 Å². The summed E-state index contributed by atoms with van der Waals surface area (Å²) < 4.78 is 2.91. The van der Waals surface area contributed by atoms with Crippen LogP contribution in [0, 0.1) is 35.3 Å². The van der Waals surface area contributed by atoms with Crippen molar-refractivity contribution < 1.29 is 4.92 Å². The number of nitriles is 1. The van der Waals surface area contributed by atoms with Crippen LogP contribution in [0.15, 0.2) is 59.1 Å². The quantitative estimate of drug-likeness (QED) is 0.302. The number of non-ortho nitro benzene ring substituents is 1. The lowest BCUT2D eigenvalue weighted by molar-refractivity contribution is -0.384. The van der Waals surface area contributed by atoms with Gasteiger partial charge in [-0.05, 0) is 55.3 Å². The van der Waals surface area contributed by atoms with Crippen molar-refractivity contribution in [1.82, 2.24) is 4.57 Å². The third-order valence-electron chi connectivity index (χ3n) is 4.34. The van der Waals surface area contributed by atoms with Gasteiger partial charge in [-0.2, -0.15) is 5.26 Å². The van der Waals surface area contributed by atoms with Crippen LogP contribution >= 0.6 is 15.9 Å². The molecule has 0 radical (unpaired) electrons. The summed E-state index contributed by atoms with van der Waals surface area (Å²) in [4.78, 5) is 10.7. The second-order valence-electron chi connectivity index (χ2n) is 6.12. The van der Waals surface area contributed by atoms with Crippen molar-refractivity contribution in [2.24, 2.45) is 0 Å². The molecular formula is C21H16BrN3O2. The molecule has 0 atom stereocenters. The second-order valence-corrected chi connectivity index (χ2v) is 7.03. The van der Waals surface area contributed by atoms with Gasteiger partial charge in [-0.3, -0.25) is 10.1 Å². The van der Waals surface area contributed by atoms with Crippen molar-refractivity contribution >= 4 is 33.3 Å². The maximum absolute atomic E-state index is 11.1. The normalized spacial score (nSPS) is 11.3. The van der Waals surface area contributed by atoms with E-state index in [1.54, 1.807) is 12.1 Å². The molecule has 0 unspecified atom stereocenters. The summed E-state index contributed by atoms with van der Waals surface area (Å²) in [6.45, 7) is 3.88. The summed E-state index contributed by atoms with van der Waals surface area (Å²) in [5.74, 6) is 0. The number of rotatable bonds is 4. The maximum atomic E-state index is 11.1. The molecule has 0 aliphatic carbocycles. The number of hydrogen-bond acceptors (Lipinski definition) is 3. The molecule has 3 aromatic rings. The molecule has 0 aliphatic heterocycles. The topological polar surface area (TPSA) is 71.9 Å². The molecule has 1 aromatic heterocycles. The van der Waals surface area contributed by atoms with Crippen LogP contribution in [0.1, 0.15) is 22.5 Å². The minimum atomic E-state index is -0.403. The Morgan fingerprint density at radius 1 is 1.19 bits per heavy atom. The predicted molar refractivity (Wildman–Crippen MR) is 110 cm³/mol.